The molecule has 1 aromatic carbocycles. The van der Waals surface area contributed by atoms with E-state index < -0.39 is 0 Å². The van der Waals surface area contributed by atoms with Crippen LogP contribution in [-0.4, -0.2) is 38.6 Å². The van der Waals surface area contributed by atoms with E-state index in [-0.39, 0.29) is 0 Å². The van der Waals surface area contributed by atoms with Crippen molar-refractivity contribution in [3.63, 3.8) is 0 Å². The number of hydrogen-bond acceptors (Lipinski definition) is 2. The predicted octanol–water partition coefficient (Wildman–Crippen LogP) is 3.23. The summed E-state index contributed by atoms with van der Waals surface area (Å²) >= 11 is 3.56. The average Bonchev–Trinajstić information content (AvgIpc) is 3.10. The average molecular weight is 325 g/mol. The van der Waals surface area contributed by atoms with E-state index in [9.17, 15) is 0 Å². The van der Waals surface area contributed by atoms with Gasteiger partial charge in [-0.05, 0) is 69.0 Å². The maximum absolute atomic E-state index is 3.56. The van der Waals surface area contributed by atoms with Crippen LogP contribution < -0.4 is 5.32 Å². The second-order valence-corrected chi connectivity index (χ2v) is 7.00. The Kier molecular flexibility index (Phi) is 5.04. The molecule has 106 valence electrons. The van der Waals surface area contributed by atoms with Crippen molar-refractivity contribution in [3.8, 4) is 0 Å². The molecule has 0 amide bonds. The number of aryl methyl sites for hydroxylation is 1. The summed E-state index contributed by atoms with van der Waals surface area (Å²) in [6.45, 7) is 5.72. The van der Waals surface area contributed by atoms with E-state index in [0.29, 0.717) is 5.41 Å². The van der Waals surface area contributed by atoms with Gasteiger partial charge in [0.15, 0.2) is 0 Å². The van der Waals surface area contributed by atoms with E-state index >= 15 is 0 Å². The van der Waals surface area contributed by atoms with Crippen LogP contribution in [0, 0.1) is 12.3 Å². The molecule has 1 fully saturated rings. The normalized spacial score (nSPS) is 16.9. The predicted molar refractivity (Wildman–Crippen MR) is 85.7 cm³/mol. The van der Waals surface area contributed by atoms with Crippen molar-refractivity contribution in [1.82, 2.24) is 10.2 Å². The monoisotopic (exact) mass is 324 g/mol. The Balaban J connectivity index is 1.83. The second-order valence-electron chi connectivity index (χ2n) is 6.09. The van der Waals surface area contributed by atoms with Crippen LogP contribution >= 0.6 is 15.9 Å². The van der Waals surface area contributed by atoms with Gasteiger partial charge in [-0.2, -0.15) is 0 Å². The van der Waals surface area contributed by atoms with Crippen LogP contribution in [0.2, 0.25) is 0 Å². The van der Waals surface area contributed by atoms with Crippen LogP contribution in [0.1, 0.15) is 24.0 Å². The minimum atomic E-state index is 0.565. The Hall–Kier alpha value is -0.380. The molecule has 0 unspecified atom stereocenters. The van der Waals surface area contributed by atoms with E-state index in [1.165, 1.54) is 35.0 Å². The van der Waals surface area contributed by atoms with Gasteiger partial charge in [-0.25, -0.2) is 0 Å². The number of hydrogen-bond donors (Lipinski definition) is 1. The van der Waals surface area contributed by atoms with Crippen molar-refractivity contribution >= 4 is 15.9 Å². The Labute approximate surface area is 125 Å². The molecule has 0 atom stereocenters. The molecule has 2 rings (SSSR count). The summed E-state index contributed by atoms with van der Waals surface area (Å²) in [5, 5.41) is 3.33. The maximum Gasteiger partial charge on any atom is 0.0178 e. The molecule has 1 aliphatic rings. The highest BCUT2D eigenvalue weighted by molar-refractivity contribution is 9.10. The van der Waals surface area contributed by atoms with Crippen LogP contribution in [0.3, 0.4) is 0 Å². The molecule has 1 N–H and O–H groups in total. The lowest BCUT2D eigenvalue weighted by atomic mass is 10.0. The number of nitrogens with one attached hydrogen (secondary N) is 1. The standard InChI is InChI=1S/C16H25BrN2/c1-13-4-5-15(17)10-14(13)6-9-19(3)12-16(7-8-16)11-18-2/h4-5,10,18H,6-9,11-12H2,1-3H3. The molecule has 0 bridgehead atoms. The van der Waals surface area contributed by atoms with Crippen molar-refractivity contribution in [1.29, 1.82) is 0 Å². The zero-order valence-electron chi connectivity index (χ0n) is 12.3. The van der Waals surface area contributed by atoms with Crippen molar-refractivity contribution in [2.45, 2.75) is 26.2 Å². The third-order valence-corrected chi connectivity index (χ3v) is 4.68. The minimum Gasteiger partial charge on any atom is -0.319 e. The maximum atomic E-state index is 3.56. The molecule has 0 radical (unpaired) electrons. The first-order chi connectivity index (χ1) is 9.04. The van der Waals surface area contributed by atoms with Crippen molar-refractivity contribution < 1.29 is 0 Å². The Bertz CT molecular complexity index is 427. The van der Waals surface area contributed by atoms with Crippen LogP contribution in [0.25, 0.3) is 0 Å². The Morgan fingerprint density at radius 2 is 2.11 bits per heavy atom. The van der Waals surface area contributed by atoms with Crippen molar-refractivity contribution in [3.05, 3.63) is 33.8 Å². The van der Waals surface area contributed by atoms with E-state index in [2.05, 4.69) is 65.4 Å². The van der Waals surface area contributed by atoms with Gasteiger partial charge < -0.3 is 10.2 Å². The van der Waals surface area contributed by atoms with E-state index in [4.69, 9.17) is 0 Å². The molecule has 0 heterocycles. The molecule has 0 aliphatic heterocycles. The molecule has 1 aliphatic carbocycles. The van der Waals surface area contributed by atoms with Crippen LogP contribution in [0.4, 0.5) is 0 Å². The van der Waals surface area contributed by atoms with Gasteiger partial charge >= 0.3 is 0 Å². The summed E-state index contributed by atoms with van der Waals surface area (Å²) in [5.41, 5.74) is 3.42. The first-order valence-corrected chi connectivity index (χ1v) is 7.92. The third-order valence-electron chi connectivity index (χ3n) is 4.19. The smallest absolute Gasteiger partial charge is 0.0178 e. The zero-order valence-corrected chi connectivity index (χ0v) is 13.9. The topological polar surface area (TPSA) is 15.3 Å². The van der Waals surface area contributed by atoms with E-state index in [1.807, 2.05) is 0 Å². The van der Waals surface area contributed by atoms with Gasteiger partial charge in [0, 0.05) is 24.1 Å². The highest BCUT2D eigenvalue weighted by Crippen LogP contribution is 2.45. The number of benzene rings is 1. The molecule has 0 aromatic heterocycles. The number of likely N-dealkylation sites (N-methyl/N-ethyl adjacent to an activating group) is 1. The van der Waals surface area contributed by atoms with Crippen molar-refractivity contribution in [2.24, 2.45) is 5.41 Å². The SMILES string of the molecule is CNCC1(CN(C)CCc2cc(Br)ccc2C)CC1. The third kappa shape index (κ3) is 4.30. The second kappa shape index (κ2) is 6.38. The first-order valence-electron chi connectivity index (χ1n) is 7.13. The zero-order chi connectivity index (χ0) is 13.9. The Morgan fingerprint density at radius 1 is 1.37 bits per heavy atom. The molecule has 19 heavy (non-hydrogen) atoms. The number of halogens is 1. The summed E-state index contributed by atoms with van der Waals surface area (Å²) in [6.07, 6.45) is 3.90. The summed E-state index contributed by atoms with van der Waals surface area (Å²) < 4.78 is 1.18. The summed E-state index contributed by atoms with van der Waals surface area (Å²) in [5.74, 6) is 0. The first kappa shape index (κ1) is 15.0. The van der Waals surface area contributed by atoms with E-state index in [1.54, 1.807) is 0 Å². The van der Waals surface area contributed by atoms with Gasteiger partial charge in [0.05, 0.1) is 0 Å². The highest BCUT2D eigenvalue weighted by atomic mass is 79.9. The number of nitrogens with zero attached hydrogens (tertiary/aromatic N) is 1. The van der Waals surface area contributed by atoms with Gasteiger partial charge in [0.25, 0.3) is 0 Å². The lowest BCUT2D eigenvalue weighted by Gasteiger charge is -2.23. The molecule has 1 saturated carbocycles. The van der Waals surface area contributed by atoms with Gasteiger partial charge in [0.2, 0.25) is 0 Å². The van der Waals surface area contributed by atoms with Crippen LogP contribution in [-0.2, 0) is 6.42 Å². The molecular weight excluding hydrogens is 300 g/mol. The molecular formula is C16H25BrN2. The fourth-order valence-electron chi connectivity index (χ4n) is 2.81. The minimum absolute atomic E-state index is 0.565. The van der Waals surface area contributed by atoms with Crippen LogP contribution in [0.15, 0.2) is 22.7 Å². The van der Waals surface area contributed by atoms with Crippen molar-refractivity contribution in [2.75, 3.05) is 33.7 Å². The summed E-state index contributed by atoms with van der Waals surface area (Å²) in [4.78, 5) is 2.49. The molecule has 0 spiro atoms. The fraction of sp³-hybridized carbons (Fsp3) is 0.625. The van der Waals surface area contributed by atoms with Crippen LogP contribution in [0.5, 0.6) is 0 Å². The van der Waals surface area contributed by atoms with Gasteiger partial charge in [0.1, 0.15) is 0 Å². The lowest BCUT2D eigenvalue weighted by Crippen LogP contribution is -2.34. The van der Waals surface area contributed by atoms with Gasteiger partial charge in [-0.15, -0.1) is 0 Å². The number of rotatable bonds is 7. The van der Waals surface area contributed by atoms with E-state index in [0.717, 1.165) is 19.5 Å². The highest BCUT2D eigenvalue weighted by Gasteiger charge is 2.42. The summed E-state index contributed by atoms with van der Waals surface area (Å²) in [7, 11) is 4.31. The lowest BCUT2D eigenvalue weighted by molar-refractivity contribution is 0.262. The van der Waals surface area contributed by atoms with Gasteiger partial charge in [-0.3, -0.25) is 0 Å². The quantitative estimate of drug-likeness (QED) is 0.828. The largest absolute Gasteiger partial charge is 0.319 e. The molecule has 0 saturated heterocycles. The molecule has 2 nitrogen and oxygen atoms in total. The summed E-state index contributed by atoms with van der Waals surface area (Å²) in [6, 6.07) is 6.57. The molecule has 3 heteroatoms. The Morgan fingerprint density at radius 3 is 2.74 bits per heavy atom. The molecule has 1 aromatic rings. The fourth-order valence-corrected chi connectivity index (χ4v) is 3.22. The van der Waals surface area contributed by atoms with Gasteiger partial charge in [-0.1, -0.05) is 22.0 Å².